The zero-order valence-electron chi connectivity index (χ0n) is 8.23. The lowest BCUT2D eigenvalue weighted by Gasteiger charge is -2.08. The second-order valence-corrected chi connectivity index (χ2v) is 4.65. The molecule has 0 aliphatic heterocycles. The molecule has 0 N–H and O–H groups in total. The van der Waals surface area contributed by atoms with Crippen molar-refractivity contribution in [3.05, 3.63) is 55.6 Å². The predicted molar refractivity (Wildman–Crippen MR) is 68.7 cm³/mol. The van der Waals surface area contributed by atoms with Gasteiger partial charge in [0.1, 0.15) is 4.47 Å². The molecule has 2 rings (SSSR count). The van der Waals surface area contributed by atoms with E-state index in [0.29, 0.717) is 10.8 Å². The average Bonchev–Trinajstić information content (AvgIpc) is 2.32. The first-order chi connectivity index (χ1) is 8.08. The van der Waals surface area contributed by atoms with E-state index in [1.807, 2.05) is 0 Å². The van der Waals surface area contributed by atoms with Crippen LogP contribution >= 0.6 is 39.1 Å². The molecule has 0 atom stereocenters. The summed E-state index contributed by atoms with van der Waals surface area (Å²) in [6.07, 6.45) is 1.31. The number of hydrogen-bond donors (Lipinski definition) is 0. The summed E-state index contributed by atoms with van der Waals surface area (Å²) >= 11 is 14.5. The van der Waals surface area contributed by atoms with E-state index in [1.165, 1.54) is 6.20 Å². The lowest BCUT2D eigenvalue weighted by Crippen LogP contribution is -2.26. The number of nitrogens with zero attached hydrogens (tertiary/aromatic N) is 2. The first-order valence-corrected chi connectivity index (χ1v) is 6.00. The summed E-state index contributed by atoms with van der Waals surface area (Å²) in [7, 11) is 0. The van der Waals surface area contributed by atoms with Crippen LogP contribution in [0.5, 0.6) is 5.75 Å². The van der Waals surface area contributed by atoms with Gasteiger partial charge < -0.3 is 4.84 Å². The van der Waals surface area contributed by atoms with Crippen molar-refractivity contribution in [1.29, 1.82) is 0 Å². The molecule has 0 fully saturated rings. The molecule has 0 spiro atoms. The highest BCUT2D eigenvalue weighted by molar-refractivity contribution is 9.10. The van der Waals surface area contributed by atoms with Gasteiger partial charge in [-0.1, -0.05) is 11.6 Å². The Kier molecular flexibility index (Phi) is 3.71. The number of aromatic nitrogens is 2. The van der Waals surface area contributed by atoms with Crippen molar-refractivity contribution in [3.8, 4) is 5.75 Å². The molecule has 0 aliphatic rings. The van der Waals surface area contributed by atoms with Crippen LogP contribution in [0.1, 0.15) is 0 Å². The van der Waals surface area contributed by atoms with Gasteiger partial charge in [0, 0.05) is 5.02 Å². The fraction of sp³-hybridized carbons (Fsp3) is 0. The summed E-state index contributed by atoms with van der Waals surface area (Å²) < 4.78 is 1.14. The zero-order valence-corrected chi connectivity index (χ0v) is 11.3. The summed E-state index contributed by atoms with van der Waals surface area (Å²) in [5, 5.41) is 0.510. The van der Waals surface area contributed by atoms with Crippen molar-refractivity contribution < 1.29 is 4.84 Å². The first kappa shape index (κ1) is 12.4. The maximum absolute atomic E-state index is 11.7. The minimum Gasteiger partial charge on any atom is -0.369 e. The summed E-state index contributed by atoms with van der Waals surface area (Å²) in [6, 6.07) is 6.51. The van der Waals surface area contributed by atoms with E-state index >= 15 is 0 Å². The van der Waals surface area contributed by atoms with E-state index in [0.717, 1.165) is 4.73 Å². The third-order valence-electron chi connectivity index (χ3n) is 1.85. The van der Waals surface area contributed by atoms with Gasteiger partial charge in [-0.15, -0.1) is 4.73 Å². The van der Waals surface area contributed by atoms with E-state index in [4.69, 9.17) is 28.0 Å². The van der Waals surface area contributed by atoms with Gasteiger partial charge in [0.25, 0.3) is 0 Å². The van der Waals surface area contributed by atoms with Crippen LogP contribution in [0, 0.1) is 0 Å². The third kappa shape index (κ3) is 2.80. The van der Waals surface area contributed by atoms with Gasteiger partial charge in [-0.2, -0.15) is 0 Å². The minimum absolute atomic E-state index is 0.0619. The van der Waals surface area contributed by atoms with Crippen molar-refractivity contribution in [2.45, 2.75) is 0 Å². The quantitative estimate of drug-likeness (QED) is 0.792. The maximum Gasteiger partial charge on any atom is 0.302 e. The van der Waals surface area contributed by atoms with Crippen LogP contribution in [0.2, 0.25) is 10.3 Å². The Bertz CT molecular complexity index is 598. The number of benzene rings is 1. The van der Waals surface area contributed by atoms with Crippen LogP contribution in [0.25, 0.3) is 0 Å². The zero-order chi connectivity index (χ0) is 12.4. The number of rotatable bonds is 2. The van der Waals surface area contributed by atoms with E-state index in [9.17, 15) is 4.79 Å². The molecule has 0 saturated heterocycles. The molecule has 0 radical (unpaired) electrons. The molecule has 0 amide bonds. The SMILES string of the molecule is O=c1c(Br)cnc(Cl)n1Oc1ccc(Cl)cc1. The van der Waals surface area contributed by atoms with E-state index in [1.54, 1.807) is 24.3 Å². The van der Waals surface area contributed by atoms with Crippen LogP contribution in [0.4, 0.5) is 0 Å². The van der Waals surface area contributed by atoms with Crippen LogP contribution in [-0.2, 0) is 0 Å². The Morgan fingerprint density at radius 3 is 2.53 bits per heavy atom. The van der Waals surface area contributed by atoms with Crippen molar-refractivity contribution in [3.63, 3.8) is 0 Å². The van der Waals surface area contributed by atoms with Crippen LogP contribution in [0.3, 0.4) is 0 Å². The van der Waals surface area contributed by atoms with Crippen molar-refractivity contribution >= 4 is 39.1 Å². The smallest absolute Gasteiger partial charge is 0.302 e. The second kappa shape index (κ2) is 5.08. The highest BCUT2D eigenvalue weighted by atomic mass is 79.9. The van der Waals surface area contributed by atoms with E-state index in [2.05, 4.69) is 20.9 Å². The monoisotopic (exact) mass is 334 g/mol. The largest absolute Gasteiger partial charge is 0.369 e. The Balaban J connectivity index is 2.39. The van der Waals surface area contributed by atoms with Gasteiger partial charge >= 0.3 is 5.56 Å². The topological polar surface area (TPSA) is 44.1 Å². The molecule has 1 heterocycles. The molecular weight excluding hydrogens is 331 g/mol. The molecule has 0 bridgehead atoms. The molecule has 7 heteroatoms. The van der Waals surface area contributed by atoms with Gasteiger partial charge in [-0.25, -0.2) is 4.98 Å². The molecule has 0 unspecified atom stereocenters. The molecule has 1 aromatic carbocycles. The molecule has 0 saturated carbocycles. The van der Waals surface area contributed by atoms with E-state index in [-0.39, 0.29) is 9.76 Å². The number of halogens is 3. The Labute approximate surface area is 115 Å². The molecule has 1 aromatic heterocycles. The third-order valence-corrected chi connectivity index (χ3v) is 2.90. The fourth-order valence-electron chi connectivity index (χ4n) is 1.08. The molecule has 17 heavy (non-hydrogen) atoms. The molecule has 2 aromatic rings. The van der Waals surface area contributed by atoms with Gasteiger partial charge in [0.05, 0.1) is 6.20 Å². The summed E-state index contributed by atoms with van der Waals surface area (Å²) in [4.78, 5) is 20.8. The highest BCUT2D eigenvalue weighted by Gasteiger charge is 2.08. The minimum atomic E-state index is -0.431. The summed E-state index contributed by atoms with van der Waals surface area (Å²) in [6.45, 7) is 0. The molecule has 4 nitrogen and oxygen atoms in total. The Hall–Kier alpha value is -1.04. The van der Waals surface area contributed by atoms with Crippen molar-refractivity contribution in [2.24, 2.45) is 0 Å². The van der Waals surface area contributed by atoms with Crippen LogP contribution in [-0.4, -0.2) is 9.71 Å². The lowest BCUT2D eigenvalue weighted by molar-refractivity contribution is 0.200. The van der Waals surface area contributed by atoms with Crippen LogP contribution in [0.15, 0.2) is 39.7 Å². The first-order valence-electron chi connectivity index (χ1n) is 4.45. The van der Waals surface area contributed by atoms with Crippen molar-refractivity contribution in [1.82, 2.24) is 9.71 Å². The second-order valence-electron chi connectivity index (χ2n) is 3.02. The van der Waals surface area contributed by atoms with Crippen LogP contribution < -0.4 is 10.4 Å². The summed E-state index contributed by atoms with van der Waals surface area (Å²) in [5.41, 5.74) is -0.431. The van der Waals surface area contributed by atoms with Gasteiger partial charge in [0.2, 0.25) is 5.28 Å². The number of hydrogen-bond acceptors (Lipinski definition) is 3. The standard InChI is InChI=1S/C10H5BrCl2N2O2/c11-8-5-14-10(13)15(9(8)16)17-7-3-1-6(12)2-4-7/h1-5H. The fourth-order valence-corrected chi connectivity index (χ4v) is 1.63. The van der Waals surface area contributed by atoms with E-state index < -0.39 is 5.56 Å². The molecule has 0 aliphatic carbocycles. The predicted octanol–water partition coefficient (Wildman–Crippen LogP) is 3.15. The Morgan fingerprint density at radius 2 is 1.88 bits per heavy atom. The Morgan fingerprint density at radius 1 is 1.24 bits per heavy atom. The highest BCUT2D eigenvalue weighted by Crippen LogP contribution is 2.17. The van der Waals surface area contributed by atoms with Gasteiger partial charge in [-0.3, -0.25) is 4.79 Å². The lowest BCUT2D eigenvalue weighted by atomic mass is 10.3. The summed E-state index contributed by atoms with van der Waals surface area (Å²) in [5.74, 6) is 0.429. The normalized spacial score (nSPS) is 10.3. The average molecular weight is 336 g/mol. The van der Waals surface area contributed by atoms with Gasteiger partial charge in [0.15, 0.2) is 5.75 Å². The van der Waals surface area contributed by atoms with Crippen molar-refractivity contribution in [2.75, 3.05) is 0 Å². The van der Waals surface area contributed by atoms with Gasteiger partial charge in [-0.05, 0) is 51.8 Å². The molecule has 88 valence electrons. The molecular formula is C10H5BrCl2N2O2. The maximum atomic E-state index is 11.7.